The van der Waals surface area contributed by atoms with Gasteiger partial charge in [0.1, 0.15) is 6.04 Å². The number of hydrogen-bond donors (Lipinski definition) is 4. The van der Waals surface area contributed by atoms with E-state index in [2.05, 4.69) is 15.3 Å². The molecule has 0 spiro atoms. The van der Waals surface area contributed by atoms with Crippen LogP contribution in [0.25, 0.3) is 0 Å². The molecule has 1 heterocycles. The minimum atomic E-state index is -1.06. The molecule has 0 fully saturated rings. The summed E-state index contributed by atoms with van der Waals surface area (Å²) in [5.41, 5.74) is 6.39. The lowest BCUT2D eigenvalue weighted by molar-refractivity contribution is -0.142. The van der Waals surface area contributed by atoms with Crippen LogP contribution in [0.5, 0.6) is 0 Å². The summed E-state index contributed by atoms with van der Waals surface area (Å²) in [6, 6.07) is -1.68. The van der Waals surface area contributed by atoms with Gasteiger partial charge in [0.25, 0.3) is 0 Å². The minimum absolute atomic E-state index is 0.294. The van der Waals surface area contributed by atoms with Gasteiger partial charge in [0.15, 0.2) is 0 Å². The van der Waals surface area contributed by atoms with Gasteiger partial charge in [-0.05, 0) is 6.42 Å². The lowest BCUT2D eigenvalue weighted by Crippen LogP contribution is -2.49. The minimum Gasteiger partial charge on any atom is -0.480 e. The Labute approximate surface area is 98.4 Å². The summed E-state index contributed by atoms with van der Waals surface area (Å²) < 4.78 is 0. The maximum Gasteiger partial charge on any atom is 0.326 e. The first-order valence-electron chi connectivity index (χ1n) is 5.30. The molecule has 0 bridgehead atoms. The Morgan fingerprint density at radius 2 is 2.35 bits per heavy atom. The second-order valence-electron chi connectivity index (χ2n) is 3.70. The number of aromatic amines is 1. The molecule has 0 saturated carbocycles. The maximum atomic E-state index is 11.6. The third-order valence-corrected chi connectivity index (χ3v) is 2.35. The van der Waals surface area contributed by atoms with Crippen LogP contribution in [-0.4, -0.2) is 39.0 Å². The lowest BCUT2D eigenvalue weighted by Gasteiger charge is -2.15. The first-order valence-corrected chi connectivity index (χ1v) is 5.30. The zero-order valence-electron chi connectivity index (χ0n) is 9.51. The highest BCUT2D eigenvalue weighted by molar-refractivity contribution is 5.86. The van der Waals surface area contributed by atoms with Crippen LogP contribution < -0.4 is 11.1 Å². The van der Waals surface area contributed by atoms with Crippen LogP contribution in [0.4, 0.5) is 0 Å². The third-order valence-electron chi connectivity index (χ3n) is 2.35. The molecule has 7 nitrogen and oxygen atoms in total. The Morgan fingerprint density at radius 1 is 1.65 bits per heavy atom. The van der Waals surface area contributed by atoms with E-state index in [4.69, 9.17) is 10.8 Å². The zero-order chi connectivity index (χ0) is 12.8. The van der Waals surface area contributed by atoms with E-state index in [1.165, 1.54) is 6.33 Å². The van der Waals surface area contributed by atoms with Crippen molar-refractivity contribution >= 4 is 11.9 Å². The first kappa shape index (κ1) is 13.2. The van der Waals surface area contributed by atoms with Crippen molar-refractivity contribution in [1.29, 1.82) is 0 Å². The van der Waals surface area contributed by atoms with Gasteiger partial charge in [-0.15, -0.1) is 0 Å². The number of imidazole rings is 1. The average Bonchev–Trinajstić information content (AvgIpc) is 2.77. The summed E-state index contributed by atoms with van der Waals surface area (Å²) in [5.74, 6) is -1.54. The molecule has 0 radical (unpaired) electrons. The van der Waals surface area contributed by atoms with Gasteiger partial charge in [-0.2, -0.15) is 0 Å². The molecule has 1 amide bonds. The van der Waals surface area contributed by atoms with Crippen molar-refractivity contribution in [3.63, 3.8) is 0 Å². The number of rotatable bonds is 6. The number of nitrogens with zero attached hydrogens (tertiary/aromatic N) is 1. The number of carboxylic acids is 1. The Balaban J connectivity index is 2.49. The Kier molecular flexibility index (Phi) is 4.65. The molecule has 0 aliphatic carbocycles. The summed E-state index contributed by atoms with van der Waals surface area (Å²) in [5, 5.41) is 11.2. The molecule has 1 rings (SSSR count). The number of carbonyl (C=O) groups is 2. The van der Waals surface area contributed by atoms with Gasteiger partial charge in [0.05, 0.1) is 12.4 Å². The predicted octanol–water partition coefficient (Wildman–Crippen LogP) is -0.741. The quantitative estimate of drug-likeness (QED) is 0.521. The first-order chi connectivity index (χ1) is 8.04. The molecule has 1 aromatic rings. The van der Waals surface area contributed by atoms with Crippen LogP contribution in [0.3, 0.4) is 0 Å². The topological polar surface area (TPSA) is 121 Å². The summed E-state index contributed by atoms with van der Waals surface area (Å²) in [7, 11) is 0. The largest absolute Gasteiger partial charge is 0.480 e. The fraction of sp³-hybridized carbons (Fsp3) is 0.500. The highest BCUT2D eigenvalue weighted by Crippen LogP contribution is 1.98. The van der Waals surface area contributed by atoms with Crippen molar-refractivity contribution in [2.24, 2.45) is 5.73 Å². The number of nitrogens with two attached hydrogens (primary N) is 1. The van der Waals surface area contributed by atoms with Gasteiger partial charge in [-0.25, -0.2) is 9.78 Å². The molecule has 0 unspecified atom stereocenters. The van der Waals surface area contributed by atoms with Gasteiger partial charge >= 0.3 is 5.97 Å². The standard InChI is InChI=1S/C10H16N4O3/c1-2-8(10(16)17)14-9(15)7(11)3-6-4-12-5-13-6/h4-5,7-8H,2-3,11H2,1H3,(H,12,13)(H,14,15)(H,16,17)/t7-,8-/m1/s1. The lowest BCUT2D eigenvalue weighted by atomic mass is 10.1. The average molecular weight is 240 g/mol. The van der Waals surface area contributed by atoms with Crippen LogP contribution in [0, 0.1) is 0 Å². The van der Waals surface area contributed by atoms with Crippen molar-refractivity contribution in [2.45, 2.75) is 31.8 Å². The van der Waals surface area contributed by atoms with Crippen molar-refractivity contribution in [1.82, 2.24) is 15.3 Å². The van der Waals surface area contributed by atoms with E-state index in [-0.39, 0.29) is 0 Å². The van der Waals surface area contributed by atoms with E-state index in [9.17, 15) is 9.59 Å². The predicted molar refractivity (Wildman–Crippen MR) is 60.1 cm³/mol. The molecule has 0 saturated heterocycles. The van der Waals surface area contributed by atoms with Gasteiger partial charge in [0, 0.05) is 18.3 Å². The molecule has 2 atom stereocenters. The van der Waals surface area contributed by atoms with Crippen molar-refractivity contribution in [3.8, 4) is 0 Å². The second kappa shape index (κ2) is 6.00. The summed E-state index contributed by atoms with van der Waals surface area (Å²) in [6.07, 6.45) is 3.67. The van der Waals surface area contributed by atoms with Crippen molar-refractivity contribution in [2.75, 3.05) is 0 Å². The van der Waals surface area contributed by atoms with E-state index in [0.29, 0.717) is 12.8 Å². The Bertz CT molecular complexity index is 377. The van der Waals surface area contributed by atoms with Crippen molar-refractivity contribution < 1.29 is 14.7 Å². The fourth-order valence-electron chi connectivity index (χ4n) is 1.34. The molecule has 0 aliphatic heterocycles. The highest BCUT2D eigenvalue weighted by atomic mass is 16.4. The fourth-order valence-corrected chi connectivity index (χ4v) is 1.34. The SMILES string of the molecule is CC[C@@H](NC(=O)[C@H](N)Cc1cnc[nH]1)C(=O)O. The molecule has 17 heavy (non-hydrogen) atoms. The van der Waals surface area contributed by atoms with Crippen LogP contribution in [-0.2, 0) is 16.0 Å². The zero-order valence-corrected chi connectivity index (χ0v) is 9.51. The number of aromatic nitrogens is 2. The third kappa shape index (κ3) is 3.87. The molecule has 94 valence electrons. The van der Waals surface area contributed by atoms with Crippen LogP contribution in [0.15, 0.2) is 12.5 Å². The summed E-state index contributed by atoms with van der Waals surface area (Å²) >= 11 is 0. The number of carboxylic acid groups (broad SMARTS) is 1. The molecule has 1 aromatic heterocycles. The number of aliphatic carboxylic acids is 1. The van der Waals surface area contributed by atoms with Gasteiger partial charge in [-0.3, -0.25) is 4.79 Å². The normalized spacial score (nSPS) is 14.0. The molecule has 0 aromatic carbocycles. The maximum absolute atomic E-state index is 11.6. The van der Waals surface area contributed by atoms with E-state index in [0.717, 1.165) is 5.69 Å². The summed E-state index contributed by atoms with van der Waals surface area (Å²) in [6.45, 7) is 1.68. The van der Waals surface area contributed by atoms with Gasteiger partial charge in [-0.1, -0.05) is 6.92 Å². The van der Waals surface area contributed by atoms with Crippen molar-refractivity contribution in [3.05, 3.63) is 18.2 Å². The van der Waals surface area contributed by atoms with E-state index in [1.807, 2.05) is 0 Å². The van der Waals surface area contributed by atoms with E-state index < -0.39 is 24.0 Å². The molecule has 5 N–H and O–H groups in total. The smallest absolute Gasteiger partial charge is 0.326 e. The number of H-pyrrole nitrogens is 1. The Morgan fingerprint density at radius 3 is 2.82 bits per heavy atom. The molecule has 0 aliphatic rings. The number of nitrogens with one attached hydrogen (secondary N) is 2. The van der Waals surface area contributed by atoms with E-state index in [1.54, 1.807) is 13.1 Å². The van der Waals surface area contributed by atoms with E-state index >= 15 is 0 Å². The highest BCUT2D eigenvalue weighted by Gasteiger charge is 2.21. The molecular formula is C10H16N4O3. The number of hydrogen-bond acceptors (Lipinski definition) is 4. The second-order valence-corrected chi connectivity index (χ2v) is 3.70. The van der Waals surface area contributed by atoms with Crippen LogP contribution in [0.2, 0.25) is 0 Å². The Hall–Kier alpha value is -1.89. The monoisotopic (exact) mass is 240 g/mol. The number of amides is 1. The van der Waals surface area contributed by atoms with Crippen LogP contribution in [0.1, 0.15) is 19.0 Å². The number of carbonyl (C=O) groups excluding carboxylic acids is 1. The van der Waals surface area contributed by atoms with Gasteiger partial charge in [0.2, 0.25) is 5.91 Å². The molecule has 7 heteroatoms. The van der Waals surface area contributed by atoms with Crippen LogP contribution >= 0.6 is 0 Å². The van der Waals surface area contributed by atoms with Gasteiger partial charge < -0.3 is 21.1 Å². The molecular weight excluding hydrogens is 224 g/mol. The summed E-state index contributed by atoms with van der Waals surface area (Å²) in [4.78, 5) is 29.0.